The van der Waals surface area contributed by atoms with Gasteiger partial charge < -0.3 is 14.8 Å². The average molecular weight is 305 g/mol. The molecular formula is C15H16FN3O3. The lowest BCUT2D eigenvalue weighted by molar-refractivity contribution is -0.122. The largest absolute Gasteiger partial charge is 0.478 e. The van der Waals surface area contributed by atoms with Crippen LogP contribution in [0.15, 0.2) is 36.7 Å². The zero-order chi connectivity index (χ0) is 15.9. The Morgan fingerprint density at radius 3 is 2.64 bits per heavy atom. The first-order chi connectivity index (χ1) is 10.6. The molecule has 2 rings (SSSR count). The van der Waals surface area contributed by atoms with E-state index >= 15 is 0 Å². The minimum Gasteiger partial charge on any atom is -0.478 e. The predicted molar refractivity (Wildman–Crippen MR) is 78.3 cm³/mol. The van der Waals surface area contributed by atoms with Crippen LogP contribution in [0.5, 0.6) is 11.8 Å². The number of ether oxygens (including phenoxy) is 2. The molecule has 6 nitrogen and oxygen atoms in total. The Labute approximate surface area is 127 Å². The first-order valence-electron chi connectivity index (χ1n) is 6.77. The SMILES string of the molecule is CCOc1ncc(NC(=O)C(C)Oc2ccccc2F)cn1. The predicted octanol–water partition coefficient (Wildman–Crippen LogP) is 2.42. The fraction of sp³-hybridized carbons (Fsp3) is 0.267. The first kappa shape index (κ1) is 15.7. The number of nitrogens with zero attached hydrogens (tertiary/aromatic N) is 2. The molecule has 0 aliphatic carbocycles. The Bertz CT molecular complexity index is 634. The maximum Gasteiger partial charge on any atom is 0.316 e. The molecule has 0 spiro atoms. The molecule has 0 radical (unpaired) electrons. The van der Waals surface area contributed by atoms with Crippen molar-refractivity contribution in [2.45, 2.75) is 20.0 Å². The summed E-state index contributed by atoms with van der Waals surface area (Å²) in [5, 5.41) is 2.58. The van der Waals surface area contributed by atoms with Gasteiger partial charge in [0.15, 0.2) is 17.7 Å². The van der Waals surface area contributed by atoms with Crippen LogP contribution in [0.1, 0.15) is 13.8 Å². The number of hydrogen-bond donors (Lipinski definition) is 1. The van der Waals surface area contributed by atoms with Crippen LogP contribution in [-0.4, -0.2) is 28.6 Å². The van der Waals surface area contributed by atoms with Crippen molar-refractivity contribution >= 4 is 11.6 Å². The van der Waals surface area contributed by atoms with E-state index in [4.69, 9.17) is 9.47 Å². The summed E-state index contributed by atoms with van der Waals surface area (Å²) in [4.78, 5) is 19.9. The van der Waals surface area contributed by atoms with E-state index < -0.39 is 17.8 Å². The molecular weight excluding hydrogens is 289 g/mol. The van der Waals surface area contributed by atoms with Crippen molar-refractivity contribution in [3.8, 4) is 11.8 Å². The number of amides is 1. The van der Waals surface area contributed by atoms with Gasteiger partial charge in [-0.2, -0.15) is 0 Å². The number of aromatic nitrogens is 2. The normalized spacial score (nSPS) is 11.6. The summed E-state index contributed by atoms with van der Waals surface area (Å²) in [6.45, 7) is 3.80. The second-order valence-corrected chi connectivity index (χ2v) is 4.37. The summed E-state index contributed by atoms with van der Waals surface area (Å²) in [7, 11) is 0. The van der Waals surface area contributed by atoms with E-state index in [1.807, 2.05) is 6.92 Å². The monoisotopic (exact) mass is 305 g/mol. The Hall–Kier alpha value is -2.70. The summed E-state index contributed by atoms with van der Waals surface area (Å²) in [6, 6.07) is 6.13. The van der Waals surface area contributed by atoms with E-state index in [2.05, 4.69) is 15.3 Å². The van der Waals surface area contributed by atoms with Crippen molar-refractivity contribution in [3.63, 3.8) is 0 Å². The van der Waals surface area contributed by atoms with Gasteiger partial charge in [0.25, 0.3) is 5.91 Å². The van der Waals surface area contributed by atoms with Crippen LogP contribution in [0.2, 0.25) is 0 Å². The third kappa shape index (κ3) is 4.15. The lowest BCUT2D eigenvalue weighted by Crippen LogP contribution is -2.30. The summed E-state index contributed by atoms with van der Waals surface area (Å²) < 4.78 is 23.9. The second kappa shape index (κ2) is 7.35. The molecule has 0 fully saturated rings. The molecule has 1 aromatic heterocycles. The van der Waals surface area contributed by atoms with Gasteiger partial charge in [-0.3, -0.25) is 4.79 Å². The second-order valence-electron chi connectivity index (χ2n) is 4.37. The summed E-state index contributed by atoms with van der Waals surface area (Å²) in [5.41, 5.74) is 0.400. The van der Waals surface area contributed by atoms with E-state index in [0.29, 0.717) is 12.3 Å². The van der Waals surface area contributed by atoms with Gasteiger partial charge in [0.1, 0.15) is 0 Å². The van der Waals surface area contributed by atoms with Crippen molar-refractivity contribution in [2.24, 2.45) is 0 Å². The number of anilines is 1. The van der Waals surface area contributed by atoms with Gasteiger partial charge in [-0.15, -0.1) is 0 Å². The lowest BCUT2D eigenvalue weighted by atomic mass is 10.3. The van der Waals surface area contributed by atoms with Crippen molar-refractivity contribution in [1.82, 2.24) is 9.97 Å². The van der Waals surface area contributed by atoms with Gasteiger partial charge in [-0.1, -0.05) is 12.1 Å². The van der Waals surface area contributed by atoms with E-state index in [1.165, 1.54) is 31.5 Å². The number of para-hydroxylation sites is 1. The van der Waals surface area contributed by atoms with Crippen LogP contribution < -0.4 is 14.8 Å². The highest BCUT2D eigenvalue weighted by atomic mass is 19.1. The highest BCUT2D eigenvalue weighted by molar-refractivity contribution is 5.93. The van der Waals surface area contributed by atoms with Gasteiger partial charge in [0.05, 0.1) is 24.7 Å². The molecule has 0 bridgehead atoms. The molecule has 1 unspecified atom stereocenters. The molecule has 0 saturated heterocycles. The van der Waals surface area contributed by atoms with E-state index in [9.17, 15) is 9.18 Å². The van der Waals surface area contributed by atoms with Crippen LogP contribution in [0, 0.1) is 5.82 Å². The molecule has 7 heteroatoms. The molecule has 1 atom stereocenters. The summed E-state index contributed by atoms with van der Waals surface area (Å²) in [5.74, 6) is -0.935. The average Bonchev–Trinajstić information content (AvgIpc) is 2.51. The number of hydrogen-bond acceptors (Lipinski definition) is 5. The molecule has 0 aliphatic heterocycles. The number of rotatable bonds is 6. The van der Waals surface area contributed by atoms with Crippen LogP contribution in [0.25, 0.3) is 0 Å². The Morgan fingerprint density at radius 2 is 2.00 bits per heavy atom. The highest BCUT2D eigenvalue weighted by Crippen LogP contribution is 2.17. The molecule has 1 aromatic carbocycles. The quantitative estimate of drug-likeness (QED) is 0.887. The topological polar surface area (TPSA) is 73.3 Å². The Kier molecular flexibility index (Phi) is 5.24. The van der Waals surface area contributed by atoms with Gasteiger partial charge in [0, 0.05) is 0 Å². The van der Waals surface area contributed by atoms with Gasteiger partial charge in [0.2, 0.25) is 0 Å². The zero-order valence-corrected chi connectivity index (χ0v) is 12.2. The molecule has 22 heavy (non-hydrogen) atoms. The van der Waals surface area contributed by atoms with Crippen molar-refractivity contribution < 1.29 is 18.7 Å². The standard InChI is InChI=1S/C15H16FN3O3/c1-3-21-15-17-8-11(9-18-15)19-14(20)10(2)22-13-7-5-4-6-12(13)16/h4-10H,3H2,1-2H3,(H,19,20). The van der Waals surface area contributed by atoms with Crippen LogP contribution in [0.4, 0.5) is 10.1 Å². The van der Waals surface area contributed by atoms with Crippen LogP contribution >= 0.6 is 0 Å². The highest BCUT2D eigenvalue weighted by Gasteiger charge is 2.16. The summed E-state index contributed by atoms with van der Waals surface area (Å²) >= 11 is 0. The molecule has 0 aliphatic rings. The summed E-state index contributed by atoms with van der Waals surface area (Å²) in [6.07, 6.45) is 1.97. The lowest BCUT2D eigenvalue weighted by Gasteiger charge is -2.14. The first-order valence-corrected chi connectivity index (χ1v) is 6.77. The van der Waals surface area contributed by atoms with Crippen molar-refractivity contribution in [3.05, 3.63) is 42.5 Å². The molecule has 0 saturated carbocycles. The molecule has 1 amide bonds. The number of carbonyl (C=O) groups excluding carboxylic acids is 1. The van der Waals surface area contributed by atoms with Gasteiger partial charge in [-0.25, -0.2) is 14.4 Å². The number of carbonyl (C=O) groups is 1. The molecule has 1 heterocycles. The fourth-order valence-corrected chi connectivity index (χ4v) is 1.61. The fourth-order valence-electron chi connectivity index (χ4n) is 1.61. The minimum absolute atomic E-state index is 0.0214. The third-order valence-electron chi connectivity index (χ3n) is 2.68. The Morgan fingerprint density at radius 1 is 1.32 bits per heavy atom. The zero-order valence-electron chi connectivity index (χ0n) is 12.2. The van der Waals surface area contributed by atoms with E-state index in [1.54, 1.807) is 12.1 Å². The maximum atomic E-state index is 13.5. The molecule has 2 aromatic rings. The van der Waals surface area contributed by atoms with Crippen molar-refractivity contribution in [1.29, 1.82) is 0 Å². The van der Waals surface area contributed by atoms with Crippen LogP contribution in [0.3, 0.4) is 0 Å². The number of nitrogens with one attached hydrogen (secondary N) is 1. The number of halogens is 1. The van der Waals surface area contributed by atoms with E-state index in [0.717, 1.165) is 0 Å². The van der Waals surface area contributed by atoms with Crippen LogP contribution in [-0.2, 0) is 4.79 Å². The molecule has 1 N–H and O–H groups in total. The van der Waals surface area contributed by atoms with Gasteiger partial charge in [-0.05, 0) is 26.0 Å². The molecule has 116 valence electrons. The third-order valence-corrected chi connectivity index (χ3v) is 2.68. The smallest absolute Gasteiger partial charge is 0.316 e. The minimum atomic E-state index is -0.872. The number of benzene rings is 1. The van der Waals surface area contributed by atoms with E-state index in [-0.39, 0.29) is 11.8 Å². The van der Waals surface area contributed by atoms with Gasteiger partial charge >= 0.3 is 6.01 Å². The Balaban J connectivity index is 1.95. The van der Waals surface area contributed by atoms with Crippen molar-refractivity contribution in [2.75, 3.05) is 11.9 Å². The maximum absolute atomic E-state index is 13.5.